The lowest BCUT2D eigenvalue weighted by molar-refractivity contribution is -0.0316. The van der Waals surface area contributed by atoms with Gasteiger partial charge in [0.25, 0.3) is 0 Å². The molecule has 3 nitrogen and oxygen atoms in total. The van der Waals surface area contributed by atoms with Crippen LogP contribution in [0.1, 0.15) is 25.7 Å². The first-order valence-electron chi connectivity index (χ1n) is 5.17. The van der Waals surface area contributed by atoms with Crippen molar-refractivity contribution in [3.63, 3.8) is 0 Å². The Morgan fingerprint density at radius 1 is 1.00 bits per heavy atom. The quantitative estimate of drug-likeness (QED) is 0.292. The van der Waals surface area contributed by atoms with Gasteiger partial charge in [-0.1, -0.05) is 18.9 Å². The normalized spacial score (nSPS) is 10.4. The Hall–Kier alpha value is -0.380. The van der Waals surface area contributed by atoms with E-state index in [1.807, 2.05) is 0 Å². The summed E-state index contributed by atoms with van der Waals surface area (Å²) in [5, 5.41) is 0. The highest BCUT2D eigenvalue weighted by Crippen LogP contribution is 2.00. The Morgan fingerprint density at radius 2 is 1.64 bits per heavy atom. The van der Waals surface area contributed by atoms with Gasteiger partial charge in [-0.15, -0.1) is 6.58 Å². The fourth-order valence-electron chi connectivity index (χ4n) is 1.07. The van der Waals surface area contributed by atoms with Crippen LogP contribution in [-0.4, -0.2) is 33.7 Å². The summed E-state index contributed by atoms with van der Waals surface area (Å²) in [6.45, 7) is 6.28. The molecule has 0 bridgehead atoms. The van der Waals surface area contributed by atoms with Crippen LogP contribution >= 0.6 is 0 Å². The number of rotatable bonds is 11. The van der Waals surface area contributed by atoms with Crippen LogP contribution in [0.25, 0.3) is 0 Å². The average Bonchev–Trinajstić information content (AvgIpc) is 2.21. The minimum Gasteiger partial charge on any atom is -0.377 e. The number of hydrogen-bond acceptors (Lipinski definition) is 3. The molecule has 0 spiro atoms. The maximum atomic E-state index is 5.26. The van der Waals surface area contributed by atoms with Crippen molar-refractivity contribution in [1.82, 2.24) is 0 Å². The molecule has 0 N–H and O–H groups in total. The van der Waals surface area contributed by atoms with Gasteiger partial charge in [-0.2, -0.15) is 0 Å². The highest BCUT2D eigenvalue weighted by atomic mass is 16.7. The van der Waals surface area contributed by atoms with E-state index < -0.39 is 0 Å². The molecule has 0 aliphatic rings. The lowest BCUT2D eigenvalue weighted by atomic mass is 10.2. The lowest BCUT2D eigenvalue weighted by Gasteiger charge is -2.03. The van der Waals surface area contributed by atoms with Crippen molar-refractivity contribution in [1.29, 1.82) is 0 Å². The Morgan fingerprint density at radius 3 is 2.21 bits per heavy atom. The third-order valence-electron chi connectivity index (χ3n) is 1.76. The van der Waals surface area contributed by atoms with Gasteiger partial charge in [0.05, 0.1) is 6.61 Å². The van der Waals surface area contributed by atoms with E-state index in [2.05, 4.69) is 6.58 Å². The molecule has 0 atom stereocenters. The summed E-state index contributed by atoms with van der Waals surface area (Å²) >= 11 is 0. The van der Waals surface area contributed by atoms with Crippen LogP contribution in [-0.2, 0) is 14.2 Å². The maximum Gasteiger partial charge on any atom is 0.146 e. The van der Waals surface area contributed by atoms with Crippen molar-refractivity contribution in [2.45, 2.75) is 25.7 Å². The Balaban J connectivity index is 2.81. The van der Waals surface area contributed by atoms with E-state index in [-0.39, 0.29) is 0 Å². The van der Waals surface area contributed by atoms with Crippen LogP contribution < -0.4 is 0 Å². The van der Waals surface area contributed by atoms with Crippen molar-refractivity contribution in [3.05, 3.63) is 12.7 Å². The molecule has 0 aromatic rings. The van der Waals surface area contributed by atoms with E-state index in [9.17, 15) is 0 Å². The Kier molecular flexibility index (Phi) is 12.3. The molecule has 14 heavy (non-hydrogen) atoms. The second kappa shape index (κ2) is 12.6. The molecule has 3 heteroatoms. The summed E-state index contributed by atoms with van der Waals surface area (Å²) in [5.74, 6) is 0. The van der Waals surface area contributed by atoms with Crippen LogP contribution in [0.3, 0.4) is 0 Å². The predicted octanol–water partition coefficient (Wildman–Crippen LogP) is 2.37. The topological polar surface area (TPSA) is 27.7 Å². The fraction of sp³-hybridized carbons (Fsp3) is 0.818. The van der Waals surface area contributed by atoms with Gasteiger partial charge in [-0.05, 0) is 12.8 Å². The van der Waals surface area contributed by atoms with E-state index in [1.54, 1.807) is 13.2 Å². The molecular formula is C11H22O3. The predicted molar refractivity (Wildman–Crippen MR) is 57.3 cm³/mol. The molecule has 0 amide bonds. The zero-order valence-electron chi connectivity index (χ0n) is 9.17. The number of hydrogen-bond donors (Lipinski definition) is 0. The Bertz CT molecular complexity index is 115. The van der Waals surface area contributed by atoms with Crippen LogP contribution in [0.2, 0.25) is 0 Å². The Labute approximate surface area is 87.0 Å². The first-order valence-corrected chi connectivity index (χ1v) is 5.17. The van der Waals surface area contributed by atoms with Gasteiger partial charge < -0.3 is 14.2 Å². The lowest BCUT2D eigenvalue weighted by Crippen LogP contribution is -1.99. The smallest absolute Gasteiger partial charge is 0.146 e. The SMILES string of the molecule is C=CCOCCCCCCOCOC. The minimum absolute atomic E-state index is 0.405. The van der Waals surface area contributed by atoms with Crippen molar-refractivity contribution in [3.8, 4) is 0 Å². The molecule has 0 aliphatic carbocycles. The highest BCUT2D eigenvalue weighted by molar-refractivity contribution is 4.63. The number of unbranched alkanes of at least 4 members (excludes halogenated alkanes) is 3. The van der Waals surface area contributed by atoms with E-state index in [1.165, 1.54) is 12.8 Å². The fourth-order valence-corrected chi connectivity index (χ4v) is 1.07. The van der Waals surface area contributed by atoms with Crippen LogP contribution in [0, 0.1) is 0 Å². The first kappa shape index (κ1) is 13.6. The molecule has 0 rings (SSSR count). The second-order valence-corrected chi connectivity index (χ2v) is 3.09. The third-order valence-corrected chi connectivity index (χ3v) is 1.76. The minimum atomic E-state index is 0.405. The molecule has 0 saturated heterocycles. The molecule has 0 heterocycles. The molecule has 0 radical (unpaired) electrons. The molecule has 84 valence electrons. The van der Waals surface area contributed by atoms with Gasteiger partial charge in [0.2, 0.25) is 0 Å². The van der Waals surface area contributed by atoms with Gasteiger partial charge in [0.15, 0.2) is 0 Å². The zero-order chi connectivity index (χ0) is 10.5. The largest absolute Gasteiger partial charge is 0.377 e. The van der Waals surface area contributed by atoms with E-state index >= 15 is 0 Å². The van der Waals surface area contributed by atoms with E-state index in [4.69, 9.17) is 14.2 Å². The van der Waals surface area contributed by atoms with Crippen molar-refractivity contribution in [2.24, 2.45) is 0 Å². The van der Waals surface area contributed by atoms with Gasteiger partial charge in [0, 0.05) is 20.3 Å². The first-order chi connectivity index (χ1) is 6.91. The van der Waals surface area contributed by atoms with E-state index in [0.29, 0.717) is 13.4 Å². The summed E-state index contributed by atoms with van der Waals surface area (Å²) in [6.07, 6.45) is 6.40. The third kappa shape index (κ3) is 11.6. The summed E-state index contributed by atoms with van der Waals surface area (Å²) in [7, 11) is 1.64. The van der Waals surface area contributed by atoms with Gasteiger partial charge in [-0.25, -0.2) is 0 Å². The van der Waals surface area contributed by atoms with Gasteiger partial charge in [-0.3, -0.25) is 0 Å². The van der Waals surface area contributed by atoms with E-state index in [0.717, 1.165) is 26.1 Å². The summed E-state index contributed by atoms with van der Waals surface area (Å²) in [6, 6.07) is 0. The van der Waals surface area contributed by atoms with Crippen molar-refractivity contribution in [2.75, 3.05) is 33.7 Å². The average molecular weight is 202 g/mol. The molecule has 0 unspecified atom stereocenters. The van der Waals surface area contributed by atoms with Crippen LogP contribution in [0.5, 0.6) is 0 Å². The van der Waals surface area contributed by atoms with Crippen LogP contribution in [0.15, 0.2) is 12.7 Å². The molecule has 0 aromatic carbocycles. The summed E-state index contributed by atoms with van der Waals surface area (Å²) < 4.78 is 15.2. The zero-order valence-corrected chi connectivity index (χ0v) is 9.17. The van der Waals surface area contributed by atoms with Gasteiger partial charge in [0.1, 0.15) is 6.79 Å². The molecule has 0 fully saturated rings. The highest BCUT2D eigenvalue weighted by Gasteiger charge is 1.90. The second-order valence-electron chi connectivity index (χ2n) is 3.09. The van der Waals surface area contributed by atoms with Gasteiger partial charge >= 0.3 is 0 Å². The monoisotopic (exact) mass is 202 g/mol. The van der Waals surface area contributed by atoms with Crippen molar-refractivity contribution >= 4 is 0 Å². The molecule has 0 aliphatic heterocycles. The molecular weight excluding hydrogens is 180 g/mol. The van der Waals surface area contributed by atoms with Crippen molar-refractivity contribution < 1.29 is 14.2 Å². The van der Waals surface area contributed by atoms with Crippen LogP contribution in [0.4, 0.5) is 0 Å². The summed E-state index contributed by atoms with van der Waals surface area (Å²) in [4.78, 5) is 0. The molecule has 0 aromatic heterocycles. The standard InChI is InChI=1S/C11H22O3/c1-3-8-13-9-6-4-5-7-10-14-11-12-2/h3H,1,4-11H2,2H3. The molecule has 0 saturated carbocycles. The summed E-state index contributed by atoms with van der Waals surface area (Å²) in [5.41, 5.74) is 0. The number of ether oxygens (including phenoxy) is 3. The number of methoxy groups -OCH3 is 1. The maximum absolute atomic E-state index is 5.26.